The van der Waals surface area contributed by atoms with Gasteiger partial charge in [-0.05, 0) is 76.3 Å². The summed E-state index contributed by atoms with van der Waals surface area (Å²) in [5.74, 6) is 0. The standard InChI is InChI=1S/C27H30N2Si/c1-5-29-14-8-10-19-15-23-26(17-24(19)29)30(3,4)25-16-20(28)12-13-22(25)27(23)21-11-7-6-9-18(21)2/h6-7,9,11-13,15-17,28H,5,8,10,14H2,1-4H3/p+1. The molecular formula is C27H31N2Si+. The van der Waals surface area contributed by atoms with E-state index in [0.717, 1.165) is 12.2 Å². The molecule has 2 aliphatic rings. The van der Waals surface area contributed by atoms with Crippen LogP contribution in [0, 0.1) is 6.92 Å². The second kappa shape index (κ2) is 6.95. The van der Waals surface area contributed by atoms with Crippen molar-refractivity contribution >= 4 is 29.7 Å². The fourth-order valence-corrected chi connectivity index (χ4v) is 8.56. The van der Waals surface area contributed by atoms with Gasteiger partial charge in [0.1, 0.15) is 21.2 Å². The summed E-state index contributed by atoms with van der Waals surface area (Å²) in [6, 6.07) is 20.5. The number of anilines is 1. The molecule has 5 rings (SSSR count). The zero-order valence-electron chi connectivity index (χ0n) is 18.5. The number of aryl methyl sites for hydroxylation is 2. The first-order valence-electron chi connectivity index (χ1n) is 11.2. The van der Waals surface area contributed by atoms with Gasteiger partial charge in [0.25, 0.3) is 0 Å². The largest absolute Gasteiger partial charge is 0.399 e. The number of nitrogens with two attached hydrogens (primary N) is 1. The minimum atomic E-state index is -1.88. The second-order valence-electron chi connectivity index (χ2n) is 9.33. The smallest absolute Gasteiger partial charge is 0.203 e. The summed E-state index contributed by atoms with van der Waals surface area (Å²) >= 11 is 0. The number of nitrogen functional groups attached to an aromatic ring is 1. The third-order valence-corrected chi connectivity index (χ3v) is 10.7. The first kappa shape index (κ1) is 19.3. The van der Waals surface area contributed by atoms with Gasteiger partial charge in [-0.25, -0.2) is 4.58 Å². The summed E-state index contributed by atoms with van der Waals surface area (Å²) in [5, 5.41) is 5.93. The predicted molar refractivity (Wildman–Crippen MR) is 131 cm³/mol. The highest BCUT2D eigenvalue weighted by Crippen LogP contribution is 2.27. The van der Waals surface area contributed by atoms with Gasteiger partial charge in [-0.1, -0.05) is 43.4 Å². The Kier molecular flexibility index (Phi) is 4.48. The topological polar surface area (TPSA) is 29.0 Å². The highest BCUT2D eigenvalue weighted by molar-refractivity contribution is 7.01. The van der Waals surface area contributed by atoms with Gasteiger partial charge in [-0.15, -0.1) is 0 Å². The number of hydrogen-bond acceptors (Lipinski definition) is 1. The molecule has 0 bridgehead atoms. The lowest BCUT2D eigenvalue weighted by molar-refractivity contribution is 0.539. The Balaban J connectivity index is 2.01. The maximum Gasteiger partial charge on any atom is 0.203 e. The molecule has 0 saturated heterocycles. The van der Waals surface area contributed by atoms with Crippen LogP contribution in [0.3, 0.4) is 0 Å². The van der Waals surface area contributed by atoms with Crippen LogP contribution in [0.4, 0.5) is 5.69 Å². The molecule has 0 atom stereocenters. The summed E-state index contributed by atoms with van der Waals surface area (Å²) in [6.07, 6.45) is 2.42. The first-order chi connectivity index (χ1) is 14.4. The van der Waals surface area contributed by atoms with Gasteiger partial charge in [-0.3, -0.25) is 0 Å². The van der Waals surface area contributed by atoms with Crippen LogP contribution in [0.2, 0.25) is 13.1 Å². The van der Waals surface area contributed by atoms with Crippen LogP contribution in [0.5, 0.6) is 0 Å². The summed E-state index contributed by atoms with van der Waals surface area (Å²) in [5.41, 5.74) is 14.1. The maximum atomic E-state index is 6.30. The van der Waals surface area contributed by atoms with Crippen molar-refractivity contribution in [1.82, 2.24) is 4.58 Å². The molecule has 3 aromatic carbocycles. The zero-order chi connectivity index (χ0) is 21.0. The molecule has 0 unspecified atom stereocenters. The molecule has 2 N–H and O–H groups in total. The Hall–Kier alpha value is -2.65. The number of rotatable bonds is 2. The summed E-state index contributed by atoms with van der Waals surface area (Å²) in [7, 11) is -1.88. The van der Waals surface area contributed by atoms with E-state index in [1.165, 1.54) is 63.0 Å². The van der Waals surface area contributed by atoms with E-state index in [2.05, 4.69) is 86.1 Å². The molecule has 2 heterocycles. The fraction of sp³-hybridized carbons (Fsp3) is 0.296. The Morgan fingerprint density at radius 1 is 0.967 bits per heavy atom. The molecule has 2 aliphatic heterocycles. The molecule has 0 aliphatic carbocycles. The molecule has 152 valence electrons. The average Bonchev–Trinajstić information content (AvgIpc) is 2.74. The van der Waals surface area contributed by atoms with Crippen LogP contribution in [-0.2, 0) is 6.42 Å². The van der Waals surface area contributed by atoms with Gasteiger partial charge >= 0.3 is 0 Å². The minimum Gasteiger partial charge on any atom is -0.399 e. The molecule has 2 nitrogen and oxygen atoms in total. The van der Waals surface area contributed by atoms with E-state index in [1.807, 2.05) is 0 Å². The molecule has 0 saturated carbocycles. The van der Waals surface area contributed by atoms with Crippen LogP contribution in [0.25, 0.3) is 5.57 Å². The molecule has 3 aromatic rings. The lowest BCUT2D eigenvalue weighted by atomic mass is 9.90. The third-order valence-electron chi connectivity index (χ3n) is 7.16. The normalized spacial score (nSPS) is 16.7. The lowest BCUT2D eigenvalue weighted by Crippen LogP contribution is -2.64. The summed E-state index contributed by atoms with van der Waals surface area (Å²) in [6.45, 7) is 11.7. The SMILES string of the molecule is CC[N+]1=c2cc3c(cc2CCC1)=C(c1ccccc1C)c1ccc(N)cc1[Si]3(C)C. The maximum absolute atomic E-state index is 6.30. The van der Waals surface area contributed by atoms with Crippen molar-refractivity contribution in [3.05, 3.63) is 87.4 Å². The van der Waals surface area contributed by atoms with E-state index in [-0.39, 0.29) is 0 Å². The van der Waals surface area contributed by atoms with Crippen molar-refractivity contribution in [1.29, 1.82) is 0 Å². The van der Waals surface area contributed by atoms with Gasteiger partial charge in [0.05, 0.1) is 0 Å². The molecule has 0 aromatic heterocycles. The monoisotopic (exact) mass is 411 g/mol. The van der Waals surface area contributed by atoms with E-state index < -0.39 is 8.07 Å². The highest BCUT2D eigenvalue weighted by Gasteiger charge is 2.36. The van der Waals surface area contributed by atoms with E-state index in [0.29, 0.717) is 0 Å². The van der Waals surface area contributed by atoms with Crippen LogP contribution >= 0.6 is 0 Å². The molecular weight excluding hydrogens is 380 g/mol. The quantitative estimate of drug-likeness (QED) is 0.392. The molecule has 0 spiro atoms. The number of hydrogen-bond donors (Lipinski definition) is 1. The Labute approximate surface area is 180 Å². The van der Waals surface area contributed by atoms with Crippen molar-refractivity contribution in [2.24, 2.45) is 0 Å². The fourth-order valence-electron chi connectivity index (χ4n) is 5.49. The van der Waals surface area contributed by atoms with Crippen LogP contribution in [0.15, 0.2) is 54.6 Å². The van der Waals surface area contributed by atoms with Crippen molar-refractivity contribution < 1.29 is 0 Å². The van der Waals surface area contributed by atoms with Gasteiger partial charge in [0, 0.05) is 23.7 Å². The minimum absolute atomic E-state index is 0.870. The summed E-state index contributed by atoms with van der Waals surface area (Å²) < 4.78 is 2.56. The van der Waals surface area contributed by atoms with E-state index in [1.54, 1.807) is 5.19 Å². The molecule has 0 radical (unpaired) electrons. The Bertz CT molecular complexity index is 1300. The highest BCUT2D eigenvalue weighted by atomic mass is 28.3. The molecule has 0 fully saturated rings. The number of nitrogens with zero attached hydrogens (tertiary/aromatic N) is 1. The first-order valence-corrected chi connectivity index (χ1v) is 14.2. The van der Waals surface area contributed by atoms with Crippen LogP contribution in [-0.4, -0.2) is 21.2 Å². The summed E-state index contributed by atoms with van der Waals surface area (Å²) in [4.78, 5) is 0. The van der Waals surface area contributed by atoms with Crippen molar-refractivity contribution in [3.8, 4) is 0 Å². The van der Waals surface area contributed by atoms with Crippen LogP contribution in [0.1, 0.15) is 35.6 Å². The van der Waals surface area contributed by atoms with Crippen molar-refractivity contribution in [2.75, 3.05) is 18.8 Å². The molecule has 0 amide bonds. The van der Waals surface area contributed by atoms with Gasteiger partial charge in [0.2, 0.25) is 5.36 Å². The zero-order valence-corrected chi connectivity index (χ0v) is 19.5. The van der Waals surface area contributed by atoms with E-state index >= 15 is 0 Å². The Morgan fingerprint density at radius 2 is 1.77 bits per heavy atom. The molecule has 30 heavy (non-hydrogen) atoms. The molecule has 3 heteroatoms. The van der Waals surface area contributed by atoms with Crippen LogP contribution < -0.4 is 31.3 Å². The third kappa shape index (κ3) is 2.79. The average molecular weight is 412 g/mol. The van der Waals surface area contributed by atoms with E-state index in [9.17, 15) is 0 Å². The second-order valence-corrected chi connectivity index (χ2v) is 13.7. The van der Waals surface area contributed by atoms with Crippen molar-refractivity contribution in [3.63, 3.8) is 0 Å². The van der Waals surface area contributed by atoms with Gasteiger partial charge in [-0.2, -0.15) is 0 Å². The predicted octanol–water partition coefficient (Wildman–Crippen LogP) is 2.42. The Morgan fingerprint density at radius 3 is 2.53 bits per heavy atom. The van der Waals surface area contributed by atoms with Crippen molar-refractivity contribution in [2.45, 2.75) is 39.8 Å². The van der Waals surface area contributed by atoms with Gasteiger partial charge < -0.3 is 5.73 Å². The lowest BCUT2D eigenvalue weighted by Gasteiger charge is -2.34. The number of fused-ring (bicyclic) bond motifs is 3. The van der Waals surface area contributed by atoms with E-state index in [4.69, 9.17) is 5.73 Å². The number of benzene rings is 3. The van der Waals surface area contributed by atoms with Gasteiger partial charge in [0.15, 0.2) is 0 Å².